The van der Waals surface area contributed by atoms with E-state index in [0.29, 0.717) is 24.0 Å². The zero-order chi connectivity index (χ0) is 23.4. The lowest BCUT2D eigenvalue weighted by Crippen LogP contribution is -2.56. The molecule has 0 aliphatic heterocycles. The average Bonchev–Trinajstić information content (AvgIpc) is 3.05. The van der Waals surface area contributed by atoms with Crippen molar-refractivity contribution in [3.8, 4) is 6.07 Å². The first-order valence-electron chi connectivity index (χ1n) is 10.6. The Morgan fingerprint density at radius 2 is 1.94 bits per heavy atom. The van der Waals surface area contributed by atoms with Crippen LogP contribution in [0.4, 0.5) is 4.79 Å². The minimum Gasteiger partial charge on any atom is -0.459 e. The van der Waals surface area contributed by atoms with Crippen molar-refractivity contribution in [3.63, 3.8) is 0 Å². The topological polar surface area (TPSA) is 88.4 Å². The van der Waals surface area contributed by atoms with E-state index in [1.165, 1.54) is 0 Å². The van der Waals surface area contributed by atoms with Crippen LogP contribution in [-0.4, -0.2) is 17.7 Å². The lowest BCUT2D eigenvalue weighted by molar-refractivity contribution is -0.156. The fraction of sp³-hybridized carbons (Fsp3) is 0.346. The molecule has 32 heavy (non-hydrogen) atoms. The van der Waals surface area contributed by atoms with Crippen LogP contribution in [0.25, 0.3) is 0 Å². The van der Waals surface area contributed by atoms with Crippen LogP contribution in [0, 0.1) is 17.2 Å². The Balaban J connectivity index is 2.06. The van der Waals surface area contributed by atoms with Gasteiger partial charge in [-0.1, -0.05) is 48.5 Å². The zero-order valence-electron chi connectivity index (χ0n) is 18.7. The number of benzene rings is 2. The Hall–Kier alpha value is -3.59. The molecule has 0 radical (unpaired) electrons. The maximum absolute atomic E-state index is 13.7. The van der Waals surface area contributed by atoms with Gasteiger partial charge in [-0.05, 0) is 56.4 Å². The molecular formula is C26H28N2O4. The monoisotopic (exact) mass is 432 g/mol. The highest BCUT2D eigenvalue weighted by molar-refractivity contribution is 5.89. The number of nitrogens with zero attached hydrogens (tertiary/aromatic N) is 1. The van der Waals surface area contributed by atoms with E-state index in [-0.39, 0.29) is 12.5 Å². The van der Waals surface area contributed by atoms with E-state index in [1.54, 1.807) is 45.0 Å². The van der Waals surface area contributed by atoms with Crippen LogP contribution >= 0.6 is 0 Å². The van der Waals surface area contributed by atoms with Gasteiger partial charge >= 0.3 is 12.1 Å². The molecule has 166 valence electrons. The van der Waals surface area contributed by atoms with Crippen molar-refractivity contribution in [2.24, 2.45) is 5.92 Å². The first kappa shape index (κ1) is 23.1. The molecule has 0 fully saturated rings. The molecule has 2 atom stereocenters. The molecule has 2 aromatic carbocycles. The van der Waals surface area contributed by atoms with E-state index in [2.05, 4.69) is 18.0 Å². The number of fused-ring (bicyclic) bond motifs is 1. The van der Waals surface area contributed by atoms with E-state index in [9.17, 15) is 14.9 Å². The number of carbonyl (C=O) groups excluding carboxylic acids is 2. The maximum atomic E-state index is 13.7. The average molecular weight is 433 g/mol. The van der Waals surface area contributed by atoms with Gasteiger partial charge < -0.3 is 14.8 Å². The van der Waals surface area contributed by atoms with Crippen molar-refractivity contribution in [2.45, 2.75) is 51.4 Å². The first-order valence-corrected chi connectivity index (χ1v) is 10.6. The lowest BCUT2D eigenvalue weighted by Gasteiger charge is -2.35. The quantitative estimate of drug-likeness (QED) is 0.525. The summed E-state index contributed by atoms with van der Waals surface area (Å²) in [6.07, 6.45) is 1.86. The standard InChI is InChI=1S/C26H28N2O4/c1-5-10-20-15-21-19(16-27)13-9-14-22(21)26(20,28-24(30)32-25(2,3)4)23(29)31-17-18-11-7-6-8-12-18/h5-9,11-14,20H,1,10,15,17H2,2-4H3,(H,28,30)/t20-,26+/m0/s1. The maximum Gasteiger partial charge on any atom is 0.408 e. The molecule has 0 bridgehead atoms. The van der Waals surface area contributed by atoms with Crippen LogP contribution < -0.4 is 5.32 Å². The van der Waals surface area contributed by atoms with E-state index in [4.69, 9.17) is 9.47 Å². The predicted octanol–water partition coefficient (Wildman–Crippen LogP) is 4.77. The molecule has 6 heteroatoms. The van der Waals surface area contributed by atoms with Gasteiger partial charge in [0, 0.05) is 5.92 Å². The number of carbonyl (C=O) groups is 2. The number of hydrogen-bond donors (Lipinski definition) is 1. The molecule has 0 spiro atoms. The largest absolute Gasteiger partial charge is 0.459 e. The smallest absolute Gasteiger partial charge is 0.408 e. The molecule has 3 rings (SSSR count). The van der Waals surface area contributed by atoms with Crippen LogP contribution in [0.15, 0.2) is 61.2 Å². The van der Waals surface area contributed by atoms with E-state index >= 15 is 0 Å². The second kappa shape index (κ2) is 9.27. The molecule has 1 amide bonds. The molecule has 0 aromatic heterocycles. The number of nitrogens with one attached hydrogen (secondary N) is 1. The Morgan fingerprint density at radius 1 is 1.22 bits per heavy atom. The summed E-state index contributed by atoms with van der Waals surface area (Å²) >= 11 is 0. The zero-order valence-corrected chi connectivity index (χ0v) is 18.7. The summed E-state index contributed by atoms with van der Waals surface area (Å²) in [5.41, 5.74) is 0.357. The number of esters is 1. The number of nitriles is 1. The Bertz CT molecular complexity index is 1050. The summed E-state index contributed by atoms with van der Waals surface area (Å²) in [5, 5.41) is 12.4. The van der Waals surface area contributed by atoms with Gasteiger partial charge in [0.15, 0.2) is 5.54 Å². The van der Waals surface area contributed by atoms with Gasteiger partial charge in [-0.2, -0.15) is 5.26 Å². The predicted molar refractivity (Wildman–Crippen MR) is 120 cm³/mol. The fourth-order valence-corrected chi connectivity index (χ4v) is 4.16. The molecule has 1 N–H and O–H groups in total. The number of hydrogen-bond acceptors (Lipinski definition) is 5. The summed E-state index contributed by atoms with van der Waals surface area (Å²) in [6, 6.07) is 16.7. The fourth-order valence-electron chi connectivity index (χ4n) is 4.16. The van der Waals surface area contributed by atoms with E-state index in [0.717, 1.165) is 11.1 Å². The van der Waals surface area contributed by atoms with Crippen molar-refractivity contribution in [3.05, 3.63) is 83.4 Å². The van der Waals surface area contributed by atoms with Gasteiger partial charge in [-0.25, -0.2) is 9.59 Å². The third kappa shape index (κ3) is 4.67. The molecule has 0 unspecified atom stereocenters. The molecule has 6 nitrogen and oxygen atoms in total. The number of ether oxygens (including phenoxy) is 2. The Morgan fingerprint density at radius 3 is 2.56 bits per heavy atom. The second-order valence-electron chi connectivity index (χ2n) is 8.87. The van der Waals surface area contributed by atoms with Gasteiger partial charge in [0.1, 0.15) is 12.2 Å². The highest BCUT2D eigenvalue weighted by atomic mass is 16.6. The first-order chi connectivity index (χ1) is 15.2. The summed E-state index contributed by atoms with van der Waals surface area (Å²) in [6.45, 7) is 9.15. The SMILES string of the molecule is C=CC[C@H]1Cc2c(C#N)cccc2[C@@]1(NC(=O)OC(C)(C)C)C(=O)OCc1ccccc1. The highest BCUT2D eigenvalue weighted by Gasteiger charge is 2.55. The van der Waals surface area contributed by atoms with Crippen molar-refractivity contribution < 1.29 is 19.1 Å². The van der Waals surface area contributed by atoms with Gasteiger partial charge in [-0.15, -0.1) is 6.58 Å². The third-order valence-electron chi connectivity index (χ3n) is 5.47. The van der Waals surface area contributed by atoms with Crippen LogP contribution in [0.1, 0.15) is 49.4 Å². The van der Waals surface area contributed by atoms with Crippen molar-refractivity contribution in [1.29, 1.82) is 5.26 Å². The second-order valence-corrected chi connectivity index (χ2v) is 8.87. The number of rotatable bonds is 6. The van der Waals surface area contributed by atoms with Gasteiger partial charge in [-0.3, -0.25) is 0 Å². The minimum absolute atomic E-state index is 0.0610. The Labute approximate surface area is 188 Å². The molecule has 0 saturated carbocycles. The van der Waals surface area contributed by atoms with Gasteiger partial charge in [0.2, 0.25) is 0 Å². The molecule has 0 heterocycles. The molecular weight excluding hydrogens is 404 g/mol. The third-order valence-corrected chi connectivity index (χ3v) is 5.47. The summed E-state index contributed by atoms with van der Waals surface area (Å²) in [4.78, 5) is 26.6. The number of amides is 1. The summed E-state index contributed by atoms with van der Waals surface area (Å²) in [5.74, 6) is -0.965. The van der Waals surface area contributed by atoms with Crippen LogP contribution in [0.2, 0.25) is 0 Å². The molecule has 1 aliphatic carbocycles. The van der Waals surface area contributed by atoms with Crippen molar-refractivity contribution in [1.82, 2.24) is 5.32 Å². The van der Waals surface area contributed by atoms with Crippen LogP contribution in [0.5, 0.6) is 0 Å². The van der Waals surface area contributed by atoms with Gasteiger partial charge in [0.05, 0.1) is 11.6 Å². The molecule has 2 aromatic rings. The van der Waals surface area contributed by atoms with E-state index in [1.807, 2.05) is 30.3 Å². The van der Waals surface area contributed by atoms with Crippen LogP contribution in [-0.2, 0) is 32.8 Å². The van der Waals surface area contributed by atoms with E-state index < -0.39 is 23.2 Å². The van der Waals surface area contributed by atoms with Crippen molar-refractivity contribution in [2.75, 3.05) is 0 Å². The summed E-state index contributed by atoms with van der Waals surface area (Å²) in [7, 11) is 0. The number of alkyl carbamates (subject to hydrolysis) is 1. The Kier molecular flexibility index (Phi) is 6.69. The lowest BCUT2D eigenvalue weighted by atomic mass is 9.81. The van der Waals surface area contributed by atoms with Gasteiger partial charge in [0.25, 0.3) is 0 Å². The normalized spacial score (nSPS) is 19.4. The number of allylic oxidation sites excluding steroid dienone is 1. The molecule has 1 aliphatic rings. The van der Waals surface area contributed by atoms with Crippen molar-refractivity contribution >= 4 is 12.1 Å². The molecule has 0 saturated heterocycles. The highest BCUT2D eigenvalue weighted by Crippen LogP contribution is 2.46. The minimum atomic E-state index is -1.49. The summed E-state index contributed by atoms with van der Waals surface area (Å²) < 4.78 is 11.2. The van der Waals surface area contributed by atoms with Crippen LogP contribution in [0.3, 0.4) is 0 Å².